The van der Waals surface area contributed by atoms with Crippen molar-refractivity contribution >= 4 is 21.3 Å². The maximum Gasteiger partial charge on any atom is 0.232 e. The monoisotopic (exact) mass is 431 g/mol. The molecule has 0 saturated heterocycles. The van der Waals surface area contributed by atoms with Gasteiger partial charge in [0.2, 0.25) is 21.3 Å². The van der Waals surface area contributed by atoms with Crippen molar-refractivity contribution in [2.24, 2.45) is 0 Å². The Labute approximate surface area is 165 Å². The second-order valence-electron chi connectivity index (χ2n) is 6.28. The van der Waals surface area contributed by atoms with Crippen molar-refractivity contribution in [2.45, 2.75) is 25.1 Å². The van der Waals surface area contributed by atoms with Gasteiger partial charge in [-0.25, -0.2) is 26.5 Å². The molecule has 0 bridgehead atoms. The third-order valence-corrected chi connectivity index (χ3v) is 5.29. The molecule has 11 heteroatoms. The van der Waals surface area contributed by atoms with Crippen LogP contribution < -0.4 is 9.44 Å². The molecular formula is C17H22FN3O5S2. The zero-order valence-corrected chi connectivity index (χ0v) is 16.9. The Bertz CT molecular complexity index is 907. The highest BCUT2D eigenvalue weighted by molar-refractivity contribution is 7.88. The van der Waals surface area contributed by atoms with Crippen molar-refractivity contribution in [3.8, 4) is 11.1 Å². The van der Waals surface area contributed by atoms with Gasteiger partial charge in [-0.1, -0.05) is 30.3 Å². The Hall–Kier alpha value is -1.76. The first-order chi connectivity index (χ1) is 13.1. The number of hydrogen-bond acceptors (Lipinski definition) is 5. The fraction of sp³-hybridized carbons (Fsp3) is 0.353. The number of halogens is 1. The van der Waals surface area contributed by atoms with E-state index in [1.807, 2.05) is 0 Å². The molecule has 154 valence electrons. The molecule has 0 amide bonds. The molecule has 0 saturated carbocycles. The molecule has 2 aromatic rings. The lowest BCUT2D eigenvalue weighted by molar-refractivity contribution is 0.125. The predicted octanol–water partition coefficient (Wildman–Crippen LogP) is 1.46. The van der Waals surface area contributed by atoms with Crippen molar-refractivity contribution in [2.75, 3.05) is 12.9 Å². The number of benzene rings is 1. The normalized spacial score (nSPS) is 16.3. The highest BCUT2D eigenvalue weighted by atomic mass is 32.2. The number of alkyl halides is 1. The van der Waals surface area contributed by atoms with Crippen LogP contribution in [-0.4, -0.2) is 46.2 Å². The molecule has 0 aliphatic carbocycles. The molecule has 4 atom stereocenters. The SMILES string of the molecule is CC(NS(=O)O)c1ccc(-c2ccc([C@@H](O)[C@@H](CF)NS(C)(=O)=O)cc2)cn1. The van der Waals surface area contributed by atoms with Gasteiger partial charge in [-0.05, 0) is 24.1 Å². The first-order valence-electron chi connectivity index (χ1n) is 8.25. The van der Waals surface area contributed by atoms with E-state index in [4.69, 9.17) is 4.55 Å². The summed E-state index contributed by atoms with van der Waals surface area (Å²) in [6.45, 7) is 0.657. The number of hydrogen-bond donors (Lipinski definition) is 4. The van der Waals surface area contributed by atoms with Gasteiger partial charge in [-0.2, -0.15) is 0 Å². The Morgan fingerprint density at radius 3 is 2.25 bits per heavy atom. The molecule has 0 fully saturated rings. The number of sulfonamides is 1. The van der Waals surface area contributed by atoms with Gasteiger partial charge in [0.25, 0.3) is 0 Å². The fourth-order valence-electron chi connectivity index (χ4n) is 2.60. The third-order valence-electron chi connectivity index (χ3n) is 4.01. The van der Waals surface area contributed by atoms with Crippen LogP contribution in [0.25, 0.3) is 11.1 Å². The maximum absolute atomic E-state index is 13.1. The van der Waals surface area contributed by atoms with Crippen molar-refractivity contribution in [1.29, 1.82) is 0 Å². The van der Waals surface area contributed by atoms with Crippen LogP contribution in [-0.2, 0) is 21.3 Å². The smallest absolute Gasteiger partial charge is 0.232 e. The lowest BCUT2D eigenvalue weighted by Gasteiger charge is -2.21. The molecular weight excluding hydrogens is 409 g/mol. The van der Waals surface area contributed by atoms with Gasteiger partial charge in [-0.3, -0.25) is 9.54 Å². The van der Waals surface area contributed by atoms with Crippen LogP contribution in [0.2, 0.25) is 0 Å². The van der Waals surface area contributed by atoms with Gasteiger partial charge in [-0.15, -0.1) is 0 Å². The first kappa shape index (κ1) is 22.5. The molecule has 2 unspecified atom stereocenters. The van der Waals surface area contributed by atoms with Gasteiger partial charge in [0, 0.05) is 11.8 Å². The van der Waals surface area contributed by atoms with Crippen LogP contribution in [0.4, 0.5) is 4.39 Å². The van der Waals surface area contributed by atoms with E-state index in [1.165, 1.54) is 0 Å². The van der Waals surface area contributed by atoms with Crippen LogP contribution in [0.15, 0.2) is 42.6 Å². The molecule has 0 aliphatic heterocycles. The molecule has 28 heavy (non-hydrogen) atoms. The predicted molar refractivity (Wildman–Crippen MR) is 105 cm³/mol. The summed E-state index contributed by atoms with van der Waals surface area (Å²) >= 11 is -2.14. The van der Waals surface area contributed by atoms with E-state index >= 15 is 0 Å². The number of aliphatic hydroxyl groups excluding tert-OH is 1. The molecule has 1 aromatic heterocycles. The fourth-order valence-corrected chi connectivity index (χ4v) is 3.77. The van der Waals surface area contributed by atoms with E-state index in [9.17, 15) is 22.1 Å². The van der Waals surface area contributed by atoms with E-state index in [1.54, 1.807) is 49.5 Å². The second kappa shape index (κ2) is 9.63. The van der Waals surface area contributed by atoms with E-state index < -0.39 is 46.2 Å². The number of aromatic nitrogens is 1. The number of rotatable bonds is 9. The molecule has 8 nitrogen and oxygen atoms in total. The average Bonchev–Trinajstić information content (AvgIpc) is 2.64. The lowest BCUT2D eigenvalue weighted by atomic mass is 9.99. The second-order valence-corrected chi connectivity index (χ2v) is 8.79. The third kappa shape index (κ3) is 6.40. The summed E-state index contributed by atoms with van der Waals surface area (Å²) in [5, 5.41) is 10.2. The summed E-state index contributed by atoms with van der Waals surface area (Å²) in [6, 6.07) is 8.41. The van der Waals surface area contributed by atoms with Crippen molar-refractivity contribution < 1.29 is 26.7 Å². The van der Waals surface area contributed by atoms with Gasteiger partial charge >= 0.3 is 0 Å². The van der Waals surface area contributed by atoms with Gasteiger partial charge in [0.05, 0.1) is 30.1 Å². The largest absolute Gasteiger partial charge is 0.387 e. The highest BCUT2D eigenvalue weighted by Crippen LogP contribution is 2.24. The number of pyridine rings is 1. The van der Waals surface area contributed by atoms with Crippen molar-refractivity contribution in [3.05, 3.63) is 53.9 Å². The molecule has 2 rings (SSSR count). The number of nitrogens with zero attached hydrogens (tertiary/aromatic N) is 1. The van der Waals surface area contributed by atoms with E-state index in [2.05, 4.69) is 14.4 Å². The minimum atomic E-state index is -3.66. The van der Waals surface area contributed by atoms with Crippen molar-refractivity contribution in [3.63, 3.8) is 0 Å². The molecule has 1 heterocycles. The average molecular weight is 432 g/mol. The number of nitrogens with one attached hydrogen (secondary N) is 2. The van der Waals surface area contributed by atoms with E-state index in [0.717, 1.165) is 17.4 Å². The summed E-state index contributed by atoms with van der Waals surface area (Å²) in [6.07, 6.45) is 1.17. The van der Waals surface area contributed by atoms with Gasteiger partial charge < -0.3 is 5.11 Å². The summed E-state index contributed by atoms with van der Waals surface area (Å²) in [4.78, 5) is 4.26. The molecule has 1 aromatic carbocycles. The maximum atomic E-state index is 13.1. The Morgan fingerprint density at radius 2 is 1.79 bits per heavy atom. The van der Waals surface area contributed by atoms with Crippen LogP contribution >= 0.6 is 0 Å². The zero-order chi connectivity index (χ0) is 20.9. The molecule has 0 radical (unpaired) electrons. The van der Waals surface area contributed by atoms with E-state index in [0.29, 0.717) is 11.3 Å². The molecule has 4 N–H and O–H groups in total. The Morgan fingerprint density at radius 1 is 1.18 bits per heavy atom. The summed E-state index contributed by atoms with van der Waals surface area (Å²) in [5.41, 5.74) is 2.53. The van der Waals surface area contributed by atoms with Crippen LogP contribution in [0.3, 0.4) is 0 Å². The Kier molecular flexibility index (Phi) is 7.75. The van der Waals surface area contributed by atoms with Crippen LogP contribution in [0.5, 0.6) is 0 Å². The van der Waals surface area contributed by atoms with Gasteiger partial charge in [0.15, 0.2) is 0 Å². The van der Waals surface area contributed by atoms with Crippen LogP contribution in [0.1, 0.15) is 30.3 Å². The first-order valence-corrected chi connectivity index (χ1v) is 11.2. The number of aliphatic hydroxyl groups is 1. The zero-order valence-electron chi connectivity index (χ0n) is 15.2. The summed E-state index contributed by atoms with van der Waals surface area (Å²) in [5.74, 6) is 0. The van der Waals surface area contributed by atoms with Crippen molar-refractivity contribution in [1.82, 2.24) is 14.4 Å². The quantitative estimate of drug-likeness (QED) is 0.445. The topological polar surface area (TPSA) is 129 Å². The summed E-state index contributed by atoms with van der Waals surface area (Å²) < 4.78 is 59.8. The minimum absolute atomic E-state index is 0.371. The highest BCUT2D eigenvalue weighted by Gasteiger charge is 2.24. The summed E-state index contributed by atoms with van der Waals surface area (Å²) in [7, 11) is -3.66. The minimum Gasteiger partial charge on any atom is -0.387 e. The molecule has 0 aliphatic rings. The Balaban J connectivity index is 2.14. The van der Waals surface area contributed by atoms with Crippen LogP contribution in [0, 0.1) is 0 Å². The molecule has 0 spiro atoms. The van der Waals surface area contributed by atoms with E-state index in [-0.39, 0.29) is 0 Å². The standard InChI is InChI=1S/C17H22FN3O5S2/c1-11(20-27(23)24)15-8-7-14(10-19-15)12-3-5-13(6-4-12)17(22)16(9-18)21-28(2,25)26/h3-8,10-11,16-17,20-22H,9H2,1-2H3,(H,23,24)/t11?,16-,17-/m1/s1. The lowest BCUT2D eigenvalue weighted by Crippen LogP contribution is -2.40. The van der Waals surface area contributed by atoms with Gasteiger partial charge in [0.1, 0.15) is 6.67 Å².